The van der Waals surface area contributed by atoms with Crippen molar-refractivity contribution in [1.29, 1.82) is 0 Å². The highest BCUT2D eigenvalue weighted by atomic mass is 19.1. The Balaban J connectivity index is 2.25. The van der Waals surface area contributed by atoms with E-state index in [-0.39, 0.29) is 30.0 Å². The molecule has 0 heterocycles. The van der Waals surface area contributed by atoms with Crippen LogP contribution in [0.3, 0.4) is 0 Å². The van der Waals surface area contributed by atoms with Crippen LogP contribution in [0.2, 0.25) is 0 Å². The van der Waals surface area contributed by atoms with E-state index in [0.717, 1.165) is 12.8 Å². The molecule has 2 atom stereocenters. The summed E-state index contributed by atoms with van der Waals surface area (Å²) in [6.45, 7) is 9.59. The zero-order valence-electron chi connectivity index (χ0n) is 14.4. The number of hydrogen-bond donors (Lipinski definition) is 1. The maximum absolute atomic E-state index is 14.5. The molecule has 0 radical (unpaired) electrons. The van der Waals surface area contributed by atoms with Crippen LogP contribution in [0.1, 0.15) is 58.6 Å². The summed E-state index contributed by atoms with van der Waals surface area (Å²) < 4.78 is 33.4. The third kappa shape index (κ3) is 2.93. The van der Waals surface area contributed by atoms with Crippen molar-refractivity contribution in [3.63, 3.8) is 0 Å². The van der Waals surface area contributed by atoms with Crippen molar-refractivity contribution in [3.8, 4) is 5.75 Å². The van der Waals surface area contributed by atoms with E-state index in [1.54, 1.807) is 13.8 Å². The molecule has 1 aromatic rings. The van der Waals surface area contributed by atoms with Gasteiger partial charge in [-0.1, -0.05) is 27.2 Å². The molecule has 1 unspecified atom stereocenters. The SMILES string of the molecule is CCCC(NC(=O)[C@@]1(C)c2cc(F)c(OCC)c(F)c21)C(C)C. The van der Waals surface area contributed by atoms with Gasteiger partial charge in [0.05, 0.1) is 12.0 Å². The van der Waals surface area contributed by atoms with Gasteiger partial charge in [0.1, 0.15) is 0 Å². The van der Waals surface area contributed by atoms with E-state index in [0.29, 0.717) is 5.56 Å². The van der Waals surface area contributed by atoms with E-state index in [1.165, 1.54) is 6.07 Å². The molecule has 0 saturated carbocycles. The number of carbonyl (C=O) groups is 1. The Hall–Kier alpha value is -1.65. The fraction of sp³-hybridized carbons (Fsp3) is 0.611. The summed E-state index contributed by atoms with van der Waals surface area (Å²) in [5.41, 5.74) is -0.437. The fourth-order valence-corrected chi connectivity index (χ4v) is 3.07. The normalized spacial score (nSPS) is 20.2. The molecule has 3 nitrogen and oxygen atoms in total. The van der Waals surface area contributed by atoms with Crippen molar-refractivity contribution >= 4 is 5.91 Å². The van der Waals surface area contributed by atoms with Crippen molar-refractivity contribution < 1.29 is 18.3 Å². The Bertz CT molecular complexity index is 616. The first-order valence-electron chi connectivity index (χ1n) is 8.25. The van der Waals surface area contributed by atoms with Crippen molar-refractivity contribution in [2.75, 3.05) is 6.61 Å². The van der Waals surface area contributed by atoms with Gasteiger partial charge in [0.15, 0.2) is 17.4 Å². The number of benzene rings is 1. The minimum absolute atomic E-state index is 0.0282. The summed E-state index contributed by atoms with van der Waals surface area (Å²) >= 11 is 0. The number of carbonyl (C=O) groups excluding carboxylic acids is 1. The Morgan fingerprint density at radius 3 is 2.52 bits per heavy atom. The number of rotatable bonds is 7. The number of amides is 1. The van der Waals surface area contributed by atoms with Gasteiger partial charge in [0, 0.05) is 11.6 Å². The van der Waals surface area contributed by atoms with Crippen LogP contribution in [0.25, 0.3) is 0 Å². The molecule has 0 aliphatic heterocycles. The van der Waals surface area contributed by atoms with E-state index in [4.69, 9.17) is 4.74 Å². The zero-order valence-corrected chi connectivity index (χ0v) is 14.4. The van der Waals surface area contributed by atoms with Crippen LogP contribution in [0.4, 0.5) is 8.78 Å². The molecule has 1 aromatic carbocycles. The first-order chi connectivity index (χ1) is 10.8. The lowest BCUT2D eigenvalue weighted by atomic mass is 9.96. The monoisotopic (exact) mass is 325 g/mol. The van der Waals surface area contributed by atoms with Crippen LogP contribution in [0.15, 0.2) is 6.07 Å². The van der Waals surface area contributed by atoms with Gasteiger partial charge in [-0.2, -0.15) is 0 Å². The van der Waals surface area contributed by atoms with E-state index < -0.39 is 22.8 Å². The number of ether oxygens (including phenoxy) is 1. The highest BCUT2D eigenvalue weighted by Gasteiger charge is 2.56. The van der Waals surface area contributed by atoms with Gasteiger partial charge in [-0.05, 0) is 37.8 Å². The smallest absolute Gasteiger partial charge is 0.235 e. The Kier molecular flexibility index (Phi) is 4.97. The average Bonchev–Trinajstić information content (AvgIpc) is 3.09. The molecule has 0 saturated heterocycles. The summed E-state index contributed by atoms with van der Waals surface area (Å²) in [5, 5.41) is 3.00. The molecule has 1 aliphatic carbocycles. The number of fused-ring (bicyclic) bond motifs is 1. The first-order valence-corrected chi connectivity index (χ1v) is 8.25. The topological polar surface area (TPSA) is 38.3 Å². The van der Waals surface area contributed by atoms with Gasteiger partial charge in [-0.25, -0.2) is 8.78 Å². The van der Waals surface area contributed by atoms with Crippen LogP contribution in [-0.4, -0.2) is 18.6 Å². The number of hydrogen-bond acceptors (Lipinski definition) is 2. The van der Waals surface area contributed by atoms with Crippen LogP contribution < -0.4 is 10.1 Å². The molecular formula is C18H25F2NO2. The second kappa shape index (κ2) is 6.46. The minimum Gasteiger partial charge on any atom is -0.488 e. The highest BCUT2D eigenvalue weighted by molar-refractivity contribution is 6.00. The third-order valence-corrected chi connectivity index (χ3v) is 4.62. The maximum Gasteiger partial charge on any atom is 0.235 e. The predicted molar refractivity (Wildman–Crippen MR) is 85.7 cm³/mol. The second-order valence-corrected chi connectivity index (χ2v) is 6.59. The van der Waals surface area contributed by atoms with E-state index in [2.05, 4.69) is 12.2 Å². The van der Waals surface area contributed by atoms with Gasteiger partial charge >= 0.3 is 0 Å². The van der Waals surface area contributed by atoms with Crippen LogP contribution in [-0.2, 0) is 10.2 Å². The number of halogens is 2. The van der Waals surface area contributed by atoms with E-state index in [1.807, 2.05) is 13.8 Å². The van der Waals surface area contributed by atoms with Crippen LogP contribution in [0.5, 0.6) is 5.75 Å². The minimum atomic E-state index is -1.10. The summed E-state index contributed by atoms with van der Waals surface area (Å²) in [6, 6.07) is 1.24. The molecule has 0 fully saturated rings. The molecule has 1 amide bonds. The molecule has 1 aliphatic rings. The summed E-state index contributed by atoms with van der Waals surface area (Å²) in [4.78, 5) is 12.7. The highest BCUT2D eigenvalue weighted by Crippen LogP contribution is 2.54. The summed E-state index contributed by atoms with van der Waals surface area (Å²) in [5.74, 6) is -1.89. The molecular weight excluding hydrogens is 300 g/mol. The van der Waals surface area contributed by atoms with Gasteiger partial charge < -0.3 is 10.1 Å². The molecule has 5 heteroatoms. The second-order valence-electron chi connectivity index (χ2n) is 6.59. The first kappa shape index (κ1) is 17.7. The van der Waals surface area contributed by atoms with Crippen molar-refractivity contribution in [2.45, 2.75) is 58.9 Å². The lowest BCUT2D eigenvalue weighted by Crippen LogP contribution is -2.43. The lowest BCUT2D eigenvalue weighted by Gasteiger charge is -2.24. The van der Waals surface area contributed by atoms with E-state index in [9.17, 15) is 13.6 Å². The Morgan fingerprint density at radius 2 is 2.00 bits per heavy atom. The molecule has 23 heavy (non-hydrogen) atoms. The number of nitrogens with one attached hydrogen (secondary N) is 1. The largest absolute Gasteiger partial charge is 0.488 e. The quantitative estimate of drug-likeness (QED) is 0.825. The molecule has 0 bridgehead atoms. The lowest BCUT2D eigenvalue weighted by molar-refractivity contribution is -0.124. The molecule has 0 aromatic heterocycles. The maximum atomic E-state index is 14.5. The molecule has 1 N–H and O–H groups in total. The van der Waals surface area contributed by atoms with Crippen molar-refractivity contribution in [1.82, 2.24) is 5.32 Å². The van der Waals surface area contributed by atoms with Gasteiger partial charge in [-0.3, -0.25) is 4.79 Å². The molecule has 0 spiro atoms. The molecule has 2 rings (SSSR count). The zero-order chi connectivity index (χ0) is 17.4. The Labute approximate surface area is 136 Å². The Morgan fingerprint density at radius 1 is 1.35 bits per heavy atom. The van der Waals surface area contributed by atoms with Crippen LogP contribution >= 0.6 is 0 Å². The summed E-state index contributed by atoms with van der Waals surface area (Å²) in [7, 11) is 0. The molecule has 128 valence electrons. The van der Waals surface area contributed by atoms with Gasteiger partial charge in [0.25, 0.3) is 0 Å². The third-order valence-electron chi connectivity index (χ3n) is 4.62. The summed E-state index contributed by atoms with van der Waals surface area (Å²) in [6.07, 6.45) is 1.81. The van der Waals surface area contributed by atoms with Crippen molar-refractivity contribution in [3.05, 3.63) is 28.8 Å². The van der Waals surface area contributed by atoms with Gasteiger partial charge in [0.2, 0.25) is 5.91 Å². The predicted octanol–water partition coefficient (Wildman–Crippen LogP) is 3.92. The van der Waals surface area contributed by atoms with E-state index >= 15 is 0 Å². The van der Waals surface area contributed by atoms with Crippen LogP contribution in [0, 0.1) is 17.6 Å². The fourth-order valence-electron chi connectivity index (χ4n) is 3.07. The van der Waals surface area contributed by atoms with Crippen molar-refractivity contribution in [2.24, 2.45) is 5.92 Å². The van der Waals surface area contributed by atoms with Gasteiger partial charge in [-0.15, -0.1) is 0 Å². The standard InChI is InChI=1S/C18H25F2NO2/c1-6-8-13(10(3)4)21-17(22)18(5)11-9-12(19)16(23-7-2)15(20)14(11)18/h9-10,13H,6-8H2,1-5H3,(H,21,22)/t13?,18-/m0/s1. The average molecular weight is 325 g/mol.